The van der Waals surface area contributed by atoms with E-state index in [0.29, 0.717) is 18.8 Å². The number of carbonyl (C=O) groups is 1. The summed E-state index contributed by atoms with van der Waals surface area (Å²) >= 11 is 0. The van der Waals surface area contributed by atoms with Crippen LogP contribution in [0.5, 0.6) is 0 Å². The van der Waals surface area contributed by atoms with Gasteiger partial charge in [0.15, 0.2) is 0 Å². The molecule has 0 saturated heterocycles. The molecular weight excluding hydrogens is 361 g/mol. The number of amides is 1. The number of benzene rings is 1. The fourth-order valence-electron chi connectivity index (χ4n) is 2.23. The number of imidazole rings is 1. The number of halogens is 1. The third-order valence-corrected chi connectivity index (χ3v) is 5.13. The van der Waals surface area contributed by atoms with Gasteiger partial charge in [-0.15, -0.1) is 0 Å². The monoisotopic (exact) mass is 384 g/mol. The Kier molecular flexibility index (Phi) is 6.83. The molecule has 0 radical (unpaired) electrons. The van der Waals surface area contributed by atoms with E-state index in [1.54, 1.807) is 0 Å². The Morgan fingerprint density at radius 1 is 1.31 bits per heavy atom. The minimum absolute atomic E-state index is 0.112. The predicted molar refractivity (Wildman–Crippen MR) is 93.5 cm³/mol. The number of nitrogens with one attached hydrogen (secondary N) is 4. The first-order valence-corrected chi connectivity index (χ1v) is 9.58. The second kappa shape index (κ2) is 8.88. The molecule has 1 amide bonds. The molecule has 142 valence electrons. The van der Waals surface area contributed by atoms with Gasteiger partial charge in [0.05, 0.1) is 38.4 Å². The number of aromatic nitrogens is 2. The van der Waals surface area contributed by atoms with Gasteiger partial charge in [0.2, 0.25) is 15.9 Å². The molecule has 1 atom stereocenters. The van der Waals surface area contributed by atoms with Gasteiger partial charge in [-0.3, -0.25) is 4.79 Å². The second-order valence-electron chi connectivity index (χ2n) is 6.16. The van der Waals surface area contributed by atoms with Gasteiger partial charge < -0.3 is 15.2 Å². The van der Waals surface area contributed by atoms with Crippen LogP contribution in [0.3, 0.4) is 0 Å². The van der Waals surface area contributed by atoms with Crippen LogP contribution in [0.15, 0.2) is 41.7 Å². The Morgan fingerprint density at radius 3 is 2.58 bits per heavy atom. The summed E-state index contributed by atoms with van der Waals surface area (Å²) in [6.45, 7) is 1.12. The highest BCUT2D eigenvalue weighted by atomic mass is 32.2. The lowest BCUT2D eigenvalue weighted by atomic mass is 10.1. The highest BCUT2D eigenvalue weighted by Crippen LogP contribution is 2.11. The molecule has 0 aliphatic rings. The SMILES string of the molecule is C[NH+](C)CCNC(=O)[C@@H](Cc1cnc[nH]1)NS(=O)(=O)c1ccc(F)cc1. The van der Waals surface area contributed by atoms with Gasteiger partial charge in [-0.25, -0.2) is 17.8 Å². The molecule has 1 aromatic carbocycles. The van der Waals surface area contributed by atoms with Gasteiger partial charge >= 0.3 is 0 Å². The van der Waals surface area contributed by atoms with Gasteiger partial charge in [-0.1, -0.05) is 0 Å². The number of hydrogen-bond donors (Lipinski definition) is 4. The van der Waals surface area contributed by atoms with E-state index in [9.17, 15) is 17.6 Å². The first kappa shape index (κ1) is 20.0. The standard InChI is InChI=1S/C16H22FN5O3S/c1-22(2)8-7-19-16(23)15(9-13-10-18-11-20-13)21-26(24,25)14-5-3-12(17)4-6-14/h3-6,10-11,15,21H,7-9H2,1-2H3,(H,18,20)(H,19,23)/p+1/t15-/m1/s1. The van der Waals surface area contributed by atoms with E-state index >= 15 is 0 Å². The van der Waals surface area contributed by atoms with E-state index in [1.165, 1.54) is 12.5 Å². The number of H-pyrrole nitrogens is 1. The minimum Gasteiger partial charge on any atom is -0.349 e. The highest BCUT2D eigenvalue weighted by molar-refractivity contribution is 7.89. The Hall–Kier alpha value is -2.30. The molecule has 1 heterocycles. The summed E-state index contributed by atoms with van der Waals surface area (Å²) in [4.78, 5) is 20.2. The van der Waals surface area contributed by atoms with Crippen molar-refractivity contribution in [1.29, 1.82) is 0 Å². The molecule has 0 unspecified atom stereocenters. The number of likely N-dealkylation sites (N-methyl/N-ethyl adjacent to an activating group) is 1. The third kappa shape index (κ3) is 5.90. The lowest BCUT2D eigenvalue weighted by molar-refractivity contribution is -0.856. The predicted octanol–water partition coefficient (Wildman–Crippen LogP) is -1.30. The van der Waals surface area contributed by atoms with Crippen molar-refractivity contribution in [1.82, 2.24) is 20.0 Å². The third-order valence-electron chi connectivity index (χ3n) is 3.64. The van der Waals surface area contributed by atoms with Crippen LogP contribution in [0.25, 0.3) is 0 Å². The van der Waals surface area contributed by atoms with Crippen molar-refractivity contribution in [2.45, 2.75) is 17.4 Å². The smallest absolute Gasteiger partial charge is 0.241 e. The molecule has 0 aliphatic carbocycles. The van der Waals surface area contributed by atoms with E-state index in [4.69, 9.17) is 0 Å². The van der Waals surface area contributed by atoms with Gasteiger partial charge in [0, 0.05) is 18.3 Å². The first-order chi connectivity index (χ1) is 12.3. The normalized spacial score (nSPS) is 12.9. The lowest BCUT2D eigenvalue weighted by Crippen LogP contribution is -3.06. The fraction of sp³-hybridized carbons (Fsp3) is 0.375. The molecule has 26 heavy (non-hydrogen) atoms. The number of sulfonamides is 1. The molecule has 2 rings (SSSR count). The summed E-state index contributed by atoms with van der Waals surface area (Å²) in [6.07, 6.45) is 3.09. The summed E-state index contributed by atoms with van der Waals surface area (Å²) in [5.41, 5.74) is 0.616. The maximum absolute atomic E-state index is 13.0. The van der Waals surface area contributed by atoms with Crippen molar-refractivity contribution in [3.8, 4) is 0 Å². The van der Waals surface area contributed by atoms with Crippen LogP contribution in [-0.2, 0) is 21.2 Å². The zero-order chi connectivity index (χ0) is 19.2. The fourth-order valence-corrected chi connectivity index (χ4v) is 3.43. The summed E-state index contributed by atoms with van der Waals surface area (Å²) in [5, 5.41) is 2.73. The zero-order valence-corrected chi connectivity index (χ0v) is 15.4. The average molecular weight is 384 g/mol. The summed E-state index contributed by atoms with van der Waals surface area (Å²) in [6, 6.07) is 3.38. The van der Waals surface area contributed by atoms with Crippen LogP contribution in [0, 0.1) is 5.82 Å². The zero-order valence-electron chi connectivity index (χ0n) is 14.6. The molecule has 0 aliphatic heterocycles. The topological polar surface area (TPSA) is 108 Å². The van der Waals surface area contributed by atoms with Crippen molar-refractivity contribution in [3.63, 3.8) is 0 Å². The van der Waals surface area contributed by atoms with E-state index in [0.717, 1.165) is 29.2 Å². The van der Waals surface area contributed by atoms with E-state index in [2.05, 4.69) is 20.0 Å². The molecule has 0 fully saturated rings. The Bertz CT molecular complexity index is 807. The largest absolute Gasteiger partial charge is 0.349 e. The molecule has 0 bridgehead atoms. The van der Waals surface area contributed by atoms with Crippen molar-refractivity contribution in [2.75, 3.05) is 27.2 Å². The minimum atomic E-state index is -3.98. The summed E-state index contributed by atoms with van der Waals surface area (Å²) < 4.78 is 40.5. The van der Waals surface area contributed by atoms with E-state index in [1.807, 2.05) is 14.1 Å². The van der Waals surface area contributed by atoms with Crippen molar-refractivity contribution in [3.05, 3.63) is 48.3 Å². The summed E-state index contributed by atoms with van der Waals surface area (Å²) in [7, 11) is -0.0831. The second-order valence-corrected chi connectivity index (χ2v) is 7.87. The first-order valence-electron chi connectivity index (χ1n) is 8.10. The number of rotatable bonds is 9. The number of quaternary nitrogens is 1. The maximum Gasteiger partial charge on any atom is 0.241 e. The van der Waals surface area contributed by atoms with Crippen LogP contribution in [-0.4, -0.2) is 57.5 Å². The van der Waals surface area contributed by atoms with Crippen LogP contribution < -0.4 is 14.9 Å². The molecule has 10 heteroatoms. The van der Waals surface area contributed by atoms with Crippen LogP contribution in [0.2, 0.25) is 0 Å². The number of carbonyl (C=O) groups excluding carboxylic acids is 1. The summed E-state index contributed by atoms with van der Waals surface area (Å²) in [5.74, 6) is -0.978. The number of hydrogen-bond acceptors (Lipinski definition) is 4. The van der Waals surface area contributed by atoms with Crippen molar-refractivity contribution >= 4 is 15.9 Å². The van der Waals surface area contributed by atoms with Crippen molar-refractivity contribution < 1.29 is 22.5 Å². The molecule has 0 spiro atoms. The van der Waals surface area contributed by atoms with Gasteiger partial charge in [0.25, 0.3) is 0 Å². The lowest BCUT2D eigenvalue weighted by Gasteiger charge is -2.18. The van der Waals surface area contributed by atoms with Crippen LogP contribution in [0.4, 0.5) is 4.39 Å². The average Bonchev–Trinajstić information content (AvgIpc) is 3.07. The Balaban J connectivity index is 2.14. The quantitative estimate of drug-likeness (QED) is 0.431. The number of aromatic amines is 1. The van der Waals surface area contributed by atoms with Gasteiger partial charge in [-0.05, 0) is 24.3 Å². The molecule has 8 nitrogen and oxygen atoms in total. The molecular formula is C16H23FN5O3S+. The molecule has 0 saturated carbocycles. The van der Waals surface area contributed by atoms with Gasteiger partial charge in [-0.2, -0.15) is 4.72 Å². The van der Waals surface area contributed by atoms with E-state index < -0.39 is 27.8 Å². The van der Waals surface area contributed by atoms with Gasteiger partial charge in [0.1, 0.15) is 11.9 Å². The maximum atomic E-state index is 13.0. The molecule has 4 N–H and O–H groups in total. The van der Waals surface area contributed by atoms with E-state index in [-0.39, 0.29) is 11.3 Å². The Morgan fingerprint density at radius 2 is 2.00 bits per heavy atom. The highest BCUT2D eigenvalue weighted by Gasteiger charge is 2.26. The van der Waals surface area contributed by atoms with Crippen molar-refractivity contribution in [2.24, 2.45) is 0 Å². The number of nitrogens with zero attached hydrogens (tertiary/aromatic N) is 1. The van der Waals surface area contributed by atoms with Crippen LogP contribution >= 0.6 is 0 Å². The molecule has 1 aromatic heterocycles. The van der Waals surface area contributed by atoms with Crippen LogP contribution in [0.1, 0.15) is 5.69 Å². The molecule has 2 aromatic rings. The Labute approximate surface area is 151 Å².